The molecule has 0 aromatic carbocycles. The molecule has 19 heavy (non-hydrogen) atoms. The number of hydrazine groups is 1. The van der Waals surface area contributed by atoms with E-state index in [1.165, 1.54) is 12.8 Å². The highest BCUT2D eigenvalue weighted by Crippen LogP contribution is 2.33. The molecule has 1 amide bonds. The van der Waals surface area contributed by atoms with E-state index in [1.807, 2.05) is 13.0 Å². The van der Waals surface area contributed by atoms with E-state index in [2.05, 4.69) is 22.7 Å². The number of nitrogen functional groups attached to an aromatic ring is 1. The summed E-state index contributed by atoms with van der Waals surface area (Å²) >= 11 is 0. The van der Waals surface area contributed by atoms with Crippen LogP contribution in [-0.4, -0.2) is 16.9 Å². The Kier molecular flexibility index (Phi) is 4.37. The first-order chi connectivity index (χ1) is 9.12. The summed E-state index contributed by atoms with van der Waals surface area (Å²) in [5.74, 6) is 6.65. The third-order valence-electron chi connectivity index (χ3n) is 3.41. The lowest BCUT2D eigenvalue weighted by atomic mass is 10.1. The molecular formula is C14H22N4O. The van der Waals surface area contributed by atoms with Gasteiger partial charge in [-0.3, -0.25) is 4.79 Å². The number of aromatic nitrogens is 1. The van der Waals surface area contributed by atoms with Crippen molar-refractivity contribution in [3.63, 3.8) is 0 Å². The summed E-state index contributed by atoms with van der Waals surface area (Å²) in [6.45, 7) is 4.06. The number of hydrogen-bond acceptors (Lipinski definition) is 4. The molecule has 4 N–H and O–H groups in total. The largest absolute Gasteiger partial charge is 0.350 e. The Morgan fingerprint density at radius 2 is 2.26 bits per heavy atom. The Morgan fingerprint density at radius 1 is 1.53 bits per heavy atom. The van der Waals surface area contributed by atoms with Crippen LogP contribution < -0.4 is 16.6 Å². The van der Waals surface area contributed by atoms with Gasteiger partial charge in [0.1, 0.15) is 5.82 Å². The zero-order valence-corrected chi connectivity index (χ0v) is 11.6. The fourth-order valence-electron chi connectivity index (χ4n) is 2.19. The SMILES string of the molecule is CCc1cc(C(=O)NC(C)CC2CC2)cc(NN)n1. The molecular weight excluding hydrogens is 240 g/mol. The predicted molar refractivity (Wildman–Crippen MR) is 75.7 cm³/mol. The summed E-state index contributed by atoms with van der Waals surface area (Å²) in [4.78, 5) is 16.5. The van der Waals surface area contributed by atoms with Crippen LogP contribution in [0.1, 0.15) is 49.2 Å². The molecule has 0 spiro atoms. The first-order valence-electron chi connectivity index (χ1n) is 6.90. The lowest BCUT2D eigenvalue weighted by Crippen LogP contribution is -2.33. The predicted octanol–water partition coefficient (Wildman–Crippen LogP) is 1.85. The van der Waals surface area contributed by atoms with E-state index in [0.29, 0.717) is 11.4 Å². The molecule has 0 radical (unpaired) electrons. The molecule has 0 bridgehead atoms. The van der Waals surface area contributed by atoms with Gasteiger partial charge in [-0.25, -0.2) is 10.8 Å². The van der Waals surface area contributed by atoms with Crippen molar-refractivity contribution in [1.29, 1.82) is 0 Å². The van der Waals surface area contributed by atoms with E-state index < -0.39 is 0 Å². The van der Waals surface area contributed by atoms with Crippen molar-refractivity contribution in [2.75, 3.05) is 5.43 Å². The molecule has 1 aromatic rings. The summed E-state index contributed by atoms with van der Waals surface area (Å²) in [5.41, 5.74) is 3.97. The number of carbonyl (C=O) groups is 1. The van der Waals surface area contributed by atoms with E-state index in [4.69, 9.17) is 5.84 Å². The normalized spacial score (nSPS) is 15.9. The number of amides is 1. The third-order valence-corrected chi connectivity index (χ3v) is 3.41. The van der Waals surface area contributed by atoms with Crippen LogP contribution in [0.2, 0.25) is 0 Å². The van der Waals surface area contributed by atoms with Crippen LogP contribution in [0.4, 0.5) is 5.82 Å². The smallest absolute Gasteiger partial charge is 0.251 e. The van der Waals surface area contributed by atoms with Gasteiger partial charge in [-0.2, -0.15) is 0 Å². The first-order valence-corrected chi connectivity index (χ1v) is 6.90. The molecule has 5 nitrogen and oxygen atoms in total. The topological polar surface area (TPSA) is 80.0 Å². The van der Waals surface area contributed by atoms with Gasteiger partial charge in [0.2, 0.25) is 0 Å². The van der Waals surface area contributed by atoms with Gasteiger partial charge in [0.25, 0.3) is 5.91 Å². The third kappa shape index (κ3) is 3.92. The van der Waals surface area contributed by atoms with E-state index >= 15 is 0 Å². The molecule has 5 heteroatoms. The number of nitrogens with two attached hydrogens (primary N) is 1. The minimum absolute atomic E-state index is 0.0539. The van der Waals surface area contributed by atoms with Crippen LogP contribution in [0, 0.1) is 5.92 Å². The lowest BCUT2D eigenvalue weighted by molar-refractivity contribution is 0.0937. The Balaban J connectivity index is 2.04. The minimum atomic E-state index is -0.0539. The summed E-state index contributed by atoms with van der Waals surface area (Å²) in [5, 5.41) is 3.03. The van der Waals surface area contributed by atoms with E-state index in [-0.39, 0.29) is 11.9 Å². The van der Waals surface area contributed by atoms with Crippen molar-refractivity contribution in [1.82, 2.24) is 10.3 Å². The number of carbonyl (C=O) groups excluding carboxylic acids is 1. The number of rotatable bonds is 6. The lowest BCUT2D eigenvalue weighted by Gasteiger charge is -2.14. The first kappa shape index (κ1) is 13.8. The van der Waals surface area contributed by atoms with Crippen LogP contribution >= 0.6 is 0 Å². The highest BCUT2D eigenvalue weighted by molar-refractivity contribution is 5.95. The molecule has 1 unspecified atom stereocenters. The second-order valence-electron chi connectivity index (χ2n) is 5.28. The summed E-state index contributed by atoms with van der Waals surface area (Å²) in [6.07, 6.45) is 4.44. The molecule has 104 valence electrons. The van der Waals surface area contributed by atoms with Crippen LogP contribution in [-0.2, 0) is 6.42 Å². The molecule has 1 heterocycles. The summed E-state index contributed by atoms with van der Waals surface area (Å²) in [6, 6.07) is 3.71. The minimum Gasteiger partial charge on any atom is -0.350 e. The Bertz CT molecular complexity index is 435. The average molecular weight is 262 g/mol. The maximum atomic E-state index is 12.2. The van der Waals surface area contributed by atoms with Gasteiger partial charge in [0.15, 0.2) is 0 Å². The number of hydrogen-bond donors (Lipinski definition) is 3. The van der Waals surface area contributed by atoms with Gasteiger partial charge in [0, 0.05) is 17.3 Å². The molecule has 0 aliphatic heterocycles. The molecule has 1 fully saturated rings. The quantitative estimate of drug-likeness (QED) is 0.540. The van der Waals surface area contributed by atoms with Crippen molar-refractivity contribution in [2.45, 2.75) is 45.6 Å². The van der Waals surface area contributed by atoms with Crippen LogP contribution in [0.15, 0.2) is 12.1 Å². The Labute approximate surface area is 114 Å². The molecule has 1 saturated carbocycles. The molecule has 1 atom stereocenters. The molecule has 2 rings (SSSR count). The van der Waals surface area contributed by atoms with Crippen LogP contribution in [0.5, 0.6) is 0 Å². The zero-order chi connectivity index (χ0) is 13.8. The second-order valence-corrected chi connectivity index (χ2v) is 5.28. The second kappa shape index (κ2) is 6.02. The fraction of sp³-hybridized carbons (Fsp3) is 0.571. The summed E-state index contributed by atoms with van der Waals surface area (Å²) < 4.78 is 0. The van der Waals surface area contributed by atoms with Crippen LogP contribution in [0.3, 0.4) is 0 Å². The van der Waals surface area contributed by atoms with Crippen molar-refractivity contribution < 1.29 is 4.79 Å². The monoisotopic (exact) mass is 262 g/mol. The molecule has 1 aliphatic rings. The number of anilines is 1. The highest BCUT2D eigenvalue weighted by atomic mass is 16.1. The maximum absolute atomic E-state index is 12.2. The van der Waals surface area contributed by atoms with Gasteiger partial charge in [-0.15, -0.1) is 0 Å². The van der Waals surface area contributed by atoms with Gasteiger partial charge in [-0.05, 0) is 37.8 Å². The standard InChI is InChI=1S/C14H22N4O/c1-3-12-7-11(8-13(17-12)18-15)14(19)16-9(2)6-10-4-5-10/h7-10H,3-6,15H2,1-2H3,(H,16,19)(H,17,18). The Morgan fingerprint density at radius 3 is 2.84 bits per heavy atom. The average Bonchev–Trinajstić information content (AvgIpc) is 3.21. The van der Waals surface area contributed by atoms with Gasteiger partial charge >= 0.3 is 0 Å². The zero-order valence-electron chi connectivity index (χ0n) is 11.6. The van der Waals surface area contributed by atoms with E-state index in [9.17, 15) is 4.79 Å². The fourth-order valence-corrected chi connectivity index (χ4v) is 2.19. The van der Waals surface area contributed by atoms with Crippen LogP contribution in [0.25, 0.3) is 0 Å². The van der Waals surface area contributed by atoms with E-state index in [1.54, 1.807) is 6.07 Å². The van der Waals surface area contributed by atoms with Crippen molar-refractivity contribution in [2.24, 2.45) is 11.8 Å². The number of aryl methyl sites for hydroxylation is 1. The summed E-state index contributed by atoms with van der Waals surface area (Å²) in [7, 11) is 0. The molecule has 1 aromatic heterocycles. The number of nitrogens with one attached hydrogen (secondary N) is 2. The van der Waals surface area contributed by atoms with Crippen molar-refractivity contribution in [3.8, 4) is 0 Å². The van der Waals surface area contributed by atoms with Gasteiger partial charge in [-0.1, -0.05) is 19.8 Å². The van der Waals surface area contributed by atoms with Crippen molar-refractivity contribution >= 4 is 11.7 Å². The highest BCUT2D eigenvalue weighted by Gasteiger charge is 2.24. The van der Waals surface area contributed by atoms with Crippen molar-refractivity contribution in [3.05, 3.63) is 23.4 Å². The number of pyridine rings is 1. The molecule has 0 saturated heterocycles. The molecule has 1 aliphatic carbocycles. The Hall–Kier alpha value is -1.62. The maximum Gasteiger partial charge on any atom is 0.251 e. The van der Waals surface area contributed by atoms with Gasteiger partial charge < -0.3 is 10.7 Å². The van der Waals surface area contributed by atoms with E-state index in [0.717, 1.165) is 24.5 Å². The number of nitrogens with zero attached hydrogens (tertiary/aromatic N) is 1. The van der Waals surface area contributed by atoms with Gasteiger partial charge in [0.05, 0.1) is 0 Å².